The summed E-state index contributed by atoms with van der Waals surface area (Å²) >= 11 is 0. The smallest absolute Gasteiger partial charge is 0.313 e. The maximum atomic E-state index is 13.2. The van der Waals surface area contributed by atoms with Crippen LogP contribution in [-0.2, 0) is 16.0 Å². The Bertz CT molecular complexity index is 1100. The molecular formula is C23H18O5. The Hall–Kier alpha value is -3.47. The van der Waals surface area contributed by atoms with Gasteiger partial charge >= 0.3 is 5.97 Å². The minimum absolute atomic E-state index is 0.0152. The molecular weight excluding hydrogens is 356 g/mol. The SMILES string of the molecule is CCOC(=O)Cc1oc2c(c1-c1ccc(C)cc1)C(=O)c1ccccc1C2=O. The number of furan rings is 1. The van der Waals surface area contributed by atoms with Crippen LogP contribution in [0.4, 0.5) is 0 Å². The minimum atomic E-state index is -0.473. The first-order valence-electron chi connectivity index (χ1n) is 9.08. The van der Waals surface area contributed by atoms with Crippen LogP contribution in [0.2, 0.25) is 0 Å². The van der Waals surface area contributed by atoms with E-state index in [4.69, 9.17) is 9.15 Å². The molecule has 0 unspecified atom stereocenters. The average Bonchev–Trinajstić information content (AvgIpc) is 3.06. The molecule has 1 aromatic heterocycles. The predicted molar refractivity (Wildman–Crippen MR) is 103 cm³/mol. The zero-order chi connectivity index (χ0) is 19.8. The monoisotopic (exact) mass is 374 g/mol. The van der Waals surface area contributed by atoms with Crippen LogP contribution in [0.1, 0.15) is 50.3 Å². The third kappa shape index (κ3) is 2.85. The Morgan fingerprint density at radius 2 is 1.57 bits per heavy atom. The van der Waals surface area contributed by atoms with E-state index in [0.29, 0.717) is 16.7 Å². The van der Waals surface area contributed by atoms with Gasteiger partial charge in [-0.15, -0.1) is 0 Å². The van der Waals surface area contributed by atoms with Crippen molar-refractivity contribution in [1.29, 1.82) is 0 Å². The van der Waals surface area contributed by atoms with Crippen molar-refractivity contribution in [2.45, 2.75) is 20.3 Å². The normalized spacial score (nSPS) is 12.5. The summed E-state index contributed by atoms with van der Waals surface area (Å²) in [6, 6.07) is 14.2. The van der Waals surface area contributed by atoms with Gasteiger partial charge in [0.05, 0.1) is 12.2 Å². The van der Waals surface area contributed by atoms with Crippen LogP contribution in [0, 0.1) is 6.92 Å². The maximum Gasteiger partial charge on any atom is 0.313 e. The van der Waals surface area contributed by atoms with E-state index in [-0.39, 0.29) is 41.7 Å². The van der Waals surface area contributed by atoms with Crippen molar-refractivity contribution >= 4 is 17.5 Å². The number of ether oxygens (including phenoxy) is 1. The van der Waals surface area contributed by atoms with E-state index >= 15 is 0 Å². The Labute approximate surface area is 161 Å². The molecule has 4 rings (SSSR count). The molecule has 0 bridgehead atoms. The van der Waals surface area contributed by atoms with Crippen LogP contribution < -0.4 is 0 Å². The first-order chi connectivity index (χ1) is 13.5. The van der Waals surface area contributed by atoms with Gasteiger partial charge in [-0.1, -0.05) is 54.1 Å². The van der Waals surface area contributed by atoms with Crippen LogP contribution in [0.3, 0.4) is 0 Å². The molecule has 2 aromatic carbocycles. The standard InChI is InChI=1S/C23H18O5/c1-3-27-18(24)12-17-19(14-10-8-13(2)9-11-14)20-21(25)15-6-4-5-7-16(15)22(26)23(20)28-17/h4-11H,3,12H2,1-2H3. The fraction of sp³-hybridized carbons (Fsp3) is 0.174. The molecule has 0 saturated heterocycles. The lowest BCUT2D eigenvalue weighted by atomic mass is 9.84. The number of hydrogen-bond acceptors (Lipinski definition) is 5. The van der Waals surface area contributed by atoms with Crippen molar-refractivity contribution in [3.8, 4) is 11.1 Å². The summed E-state index contributed by atoms with van der Waals surface area (Å²) in [5, 5.41) is 0. The molecule has 0 fully saturated rings. The predicted octanol–water partition coefficient (Wildman–Crippen LogP) is 4.14. The van der Waals surface area contributed by atoms with Gasteiger partial charge in [-0.2, -0.15) is 0 Å². The molecule has 1 aliphatic carbocycles. The number of aryl methyl sites for hydroxylation is 1. The lowest BCUT2D eigenvalue weighted by Gasteiger charge is -2.14. The number of carbonyl (C=O) groups is 3. The van der Waals surface area contributed by atoms with Crippen LogP contribution in [-0.4, -0.2) is 24.1 Å². The molecule has 0 radical (unpaired) electrons. The van der Waals surface area contributed by atoms with Gasteiger partial charge in [-0.05, 0) is 19.4 Å². The molecule has 0 atom stereocenters. The van der Waals surface area contributed by atoms with Crippen LogP contribution >= 0.6 is 0 Å². The van der Waals surface area contributed by atoms with E-state index in [1.54, 1.807) is 31.2 Å². The molecule has 1 heterocycles. The quantitative estimate of drug-likeness (QED) is 0.502. The molecule has 140 valence electrons. The number of carbonyl (C=O) groups excluding carboxylic acids is 3. The van der Waals surface area contributed by atoms with Gasteiger partial charge in [0, 0.05) is 16.7 Å². The van der Waals surface area contributed by atoms with Crippen LogP contribution in [0.25, 0.3) is 11.1 Å². The van der Waals surface area contributed by atoms with Crippen LogP contribution in [0.5, 0.6) is 0 Å². The van der Waals surface area contributed by atoms with Crippen molar-refractivity contribution in [2.24, 2.45) is 0 Å². The van der Waals surface area contributed by atoms with Gasteiger partial charge in [-0.3, -0.25) is 14.4 Å². The lowest BCUT2D eigenvalue weighted by Crippen LogP contribution is -2.19. The molecule has 0 spiro atoms. The van der Waals surface area contributed by atoms with E-state index in [1.165, 1.54) is 0 Å². The summed E-state index contributed by atoms with van der Waals surface area (Å²) in [5.41, 5.74) is 3.13. The van der Waals surface area contributed by atoms with Crippen molar-refractivity contribution < 1.29 is 23.5 Å². The number of hydrogen-bond donors (Lipinski definition) is 0. The van der Waals surface area contributed by atoms with E-state index in [2.05, 4.69) is 0 Å². The topological polar surface area (TPSA) is 73.6 Å². The van der Waals surface area contributed by atoms with E-state index < -0.39 is 5.97 Å². The first kappa shape index (κ1) is 17.9. The first-order valence-corrected chi connectivity index (χ1v) is 9.08. The second-order valence-electron chi connectivity index (χ2n) is 6.66. The Morgan fingerprint density at radius 3 is 2.21 bits per heavy atom. The summed E-state index contributed by atoms with van der Waals surface area (Å²) in [6.45, 7) is 3.91. The van der Waals surface area contributed by atoms with E-state index in [0.717, 1.165) is 11.1 Å². The molecule has 3 aromatic rings. The molecule has 1 aliphatic rings. The highest BCUT2D eigenvalue weighted by Crippen LogP contribution is 2.39. The lowest BCUT2D eigenvalue weighted by molar-refractivity contribution is -0.142. The molecule has 0 saturated carbocycles. The second-order valence-corrected chi connectivity index (χ2v) is 6.66. The third-order valence-corrected chi connectivity index (χ3v) is 4.78. The number of rotatable bonds is 4. The van der Waals surface area contributed by atoms with Crippen molar-refractivity contribution in [3.63, 3.8) is 0 Å². The number of esters is 1. The Kier molecular flexibility index (Phi) is 4.43. The minimum Gasteiger partial charge on any atom is -0.466 e. The number of ketones is 2. The van der Waals surface area contributed by atoms with Crippen molar-refractivity contribution in [2.75, 3.05) is 6.61 Å². The van der Waals surface area contributed by atoms with E-state index in [1.807, 2.05) is 31.2 Å². The fourth-order valence-electron chi connectivity index (χ4n) is 3.48. The van der Waals surface area contributed by atoms with Crippen molar-refractivity contribution in [1.82, 2.24) is 0 Å². The summed E-state index contributed by atoms with van der Waals surface area (Å²) in [4.78, 5) is 38.3. The Balaban J connectivity index is 1.94. The summed E-state index contributed by atoms with van der Waals surface area (Å²) in [7, 11) is 0. The zero-order valence-corrected chi connectivity index (χ0v) is 15.6. The third-order valence-electron chi connectivity index (χ3n) is 4.78. The molecule has 5 nitrogen and oxygen atoms in total. The van der Waals surface area contributed by atoms with Crippen LogP contribution in [0.15, 0.2) is 52.9 Å². The highest BCUT2D eigenvalue weighted by atomic mass is 16.5. The maximum absolute atomic E-state index is 13.2. The number of benzene rings is 2. The highest BCUT2D eigenvalue weighted by molar-refractivity contribution is 6.29. The zero-order valence-electron chi connectivity index (χ0n) is 15.6. The number of fused-ring (bicyclic) bond motifs is 2. The molecule has 0 N–H and O–H groups in total. The van der Waals surface area contributed by atoms with Gasteiger partial charge in [0.2, 0.25) is 5.78 Å². The van der Waals surface area contributed by atoms with Gasteiger partial charge < -0.3 is 9.15 Å². The average molecular weight is 374 g/mol. The molecule has 0 amide bonds. The van der Waals surface area contributed by atoms with Gasteiger partial charge in [0.1, 0.15) is 12.2 Å². The van der Waals surface area contributed by atoms with Gasteiger partial charge in [0.15, 0.2) is 11.5 Å². The fourth-order valence-corrected chi connectivity index (χ4v) is 3.48. The summed E-state index contributed by atoms with van der Waals surface area (Å²) in [5.74, 6) is -0.854. The summed E-state index contributed by atoms with van der Waals surface area (Å²) in [6.07, 6.45) is -0.152. The van der Waals surface area contributed by atoms with Gasteiger partial charge in [0.25, 0.3) is 0 Å². The molecule has 5 heteroatoms. The molecule has 28 heavy (non-hydrogen) atoms. The van der Waals surface area contributed by atoms with Crippen molar-refractivity contribution in [3.05, 3.63) is 82.3 Å². The largest absolute Gasteiger partial charge is 0.466 e. The second kappa shape index (κ2) is 6.93. The molecule has 0 aliphatic heterocycles. The van der Waals surface area contributed by atoms with E-state index in [9.17, 15) is 14.4 Å². The Morgan fingerprint density at radius 1 is 0.929 bits per heavy atom. The summed E-state index contributed by atoms with van der Waals surface area (Å²) < 4.78 is 10.8. The highest BCUT2D eigenvalue weighted by Gasteiger charge is 2.37. The van der Waals surface area contributed by atoms with Gasteiger partial charge in [-0.25, -0.2) is 0 Å².